The molecule has 1 nitrogen and oxygen atoms in total. The van der Waals surface area contributed by atoms with Crippen molar-refractivity contribution < 1.29 is 0 Å². The number of nitrogens with zero attached hydrogens (tertiary/aromatic N) is 1. The lowest BCUT2D eigenvalue weighted by Crippen LogP contribution is -2.20. The van der Waals surface area contributed by atoms with Crippen molar-refractivity contribution in [2.24, 2.45) is 0 Å². The molecule has 0 spiro atoms. The quantitative estimate of drug-likeness (QED) is 0.682. The van der Waals surface area contributed by atoms with Crippen molar-refractivity contribution in [1.29, 1.82) is 5.26 Å². The zero-order chi connectivity index (χ0) is 12.1. The largest absolute Gasteiger partial charge is 0.192 e. The fourth-order valence-corrected chi connectivity index (χ4v) is 11.0. The lowest BCUT2D eigenvalue weighted by molar-refractivity contribution is 1.48. The zero-order valence-corrected chi connectivity index (χ0v) is 14.8. The van der Waals surface area contributed by atoms with Crippen LogP contribution in [0.4, 0.5) is 0 Å². The monoisotopic (exact) mass is 269 g/mol. The van der Waals surface area contributed by atoms with Gasteiger partial charge in [-0.1, -0.05) is 41.6 Å². The normalized spacial score (nSPS) is 11.5. The topological polar surface area (TPSA) is 23.8 Å². The molecular weight excluding hydrogens is 254 g/mol. The van der Waals surface area contributed by atoms with Crippen LogP contribution in [-0.2, 0) is 0 Å². The smallest absolute Gasteiger partial charge is 0.0991 e. The molecule has 0 aliphatic carbocycles. The summed E-state index contributed by atoms with van der Waals surface area (Å²) in [5.41, 5.74) is 3.17. The Morgan fingerprint density at radius 2 is 1.41 bits per heavy atom. The summed E-state index contributed by atoms with van der Waals surface area (Å²) in [6.07, 6.45) is 0. The minimum atomic E-state index is 0.151. The Hall–Kier alpha value is -1.42. The van der Waals surface area contributed by atoms with Crippen LogP contribution in [0.15, 0.2) is 48.5 Å². The Balaban J connectivity index is 2.24. The number of hydrogen-bond donors (Lipinski definition) is 0. The first-order chi connectivity index (χ1) is 8.33. The summed E-state index contributed by atoms with van der Waals surface area (Å²) in [6, 6.07) is 19.0. The van der Waals surface area contributed by atoms with Crippen LogP contribution in [0.3, 0.4) is 0 Å². The van der Waals surface area contributed by atoms with Crippen molar-refractivity contribution in [3.05, 3.63) is 54.1 Å². The molecule has 0 atom stereocenters. The fraction of sp³-hybridized carbons (Fsp3) is 0. The van der Waals surface area contributed by atoms with Gasteiger partial charge in [-0.3, -0.25) is 0 Å². The second-order valence-corrected chi connectivity index (χ2v) is 20.0. The maximum Gasteiger partial charge on any atom is 0.0991 e. The van der Waals surface area contributed by atoms with Crippen LogP contribution >= 0.6 is 0 Å². The lowest BCUT2D eigenvalue weighted by Gasteiger charge is -2.03. The molecule has 0 aromatic heterocycles. The molecule has 0 amide bonds. The van der Waals surface area contributed by atoms with Gasteiger partial charge in [0.1, 0.15) is 0 Å². The summed E-state index contributed by atoms with van der Waals surface area (Å²) in [7, 11) is 1.99. The van der Waals surface area contributed by atoms with E-state index >= 15 is 0 Å². The van der Waals surface area contributed by atoms with Crippen LogP contribution in [0.1, 0.15) is 5.56 Å². The van der Waals surface area contributed by atoms with Crippen molar-refractivity contribution in [2.45, 2.75) is 0 Å². The van der Waals surface area contributed by atoms with Gasteiger partial charge in [0.15, 0.2) is 0 Å². The van der Waals surface area contributed by atoms with E-state index in [-0.39, 0.29) is 9.04 Å². The van der Waals surface area contributed by atoms with E-state index in [4.69, 9.17) is 5.26 Å². The van der Waals surface area contributed by atoms with Crippen LogP contribution in [-0.4, -0.2) is 27.4 Å². The highest BCUT2D eigenvalue weighted by Crippen LogP contribution is 2.18. The molecule has 2 aromatic carbocycles. The molecule has 0 aliphatic rings. The van der Waals surface area contributed by atoms with E-state index in [0.29, 0.717) is 8.55 Å². The SMILES string of the molecule is N#Cc1ccc(-c2ccc([SiH2][SiH2][SiH3])cc2)cc1. The number of hydrogen-bond acceptors (Lipinski definition) is 1. The molecule has 17 heavy (non-hydrogen) atoms. The van der Waals surface area contributed by atoms with Gasteiger partial charge in [0.2, 0.25) is 0 Å². The molecule has 0 unspecified atom stereocenters. The third-order valence-corrected chi connectivity index (χ3v) is 12.1. The van der Waals surface area contributed by atoms with E-state index in [1.54, 1.807) is 5.19 Å². The van der Waals surface area contributed by atoms with E-state index < -0.39 is 0 Å². The van der Waals surface area contributed by atoms with Crippen molar-refractivity contribution >= 4 is 32.5 Å². The first kappa shape index (κ1) is 12.0. The van der Waals surface area contributed by atoms with Gasteiger partial charge in [0.05, 0.1) is 11.6 Å². The zero-order valence-electron chi connectivity index (χ0n) is 9.98. The summed E-state index contributed by atoms with van der Waals surface area (Å²) >= 11 is 0. The number of benzene rings is 2. The van der Waals surface area contributed by atoms with Crippen molar-refractivity contribution in [1.82, 2.24) is 0 Å². The van der Waals surface area contributed by atoms with Crippen molar-refractivity contribution in [2.75, 3.05) is 0 Å². The Morgan fingerprint density at radius 1 is 0.882 bits per heavy atom. The van der Waals surface area contributed by atoms with E-state index in [1.807, 2.05) is 24.3 Å². The molecule has 0 radical (unpaired) electrons. The predicted octanol–water partition coefficient (Wildman–Crippen LogP) is -0.616. The van der Waals surface area contributed by atoms with Crippen LogP contribution < -0.4 is 5.19 Å². The van der Waals surface area contributed by atoms with Gasteiger partial charge in [-0.25, -0.2) is 0 Å². The van der Waals surface area contributed by atoms with Crippen molar-refractivity contribution in [3.63, 3.8) is 0 Å². The van der Waals surface area contributed by atoms with Gasteiger partial charge in [-0.2, -0.15) is 5.26 Å². The summed E-state index contributed by atoms with van der Waals surface area (Å²) in [4.78, 5) is 0. The molecule has 0 saturated heterocycles. The van der Waals surface area contributed by atoms with Crippen LogP contribution in [0.25, 0.3) is 11.1 Å². The highest BCUT2D eigenvalue weighted by molar-refractivity contribution is 7.27. The Morgan fingerprint density at radius 3 is 1.88 bits per heavy atom. The molecule has 0 saturated carbocycles. The highest BCUT2D eigenvalue weighted by Gasteiger charge is 1.98. The number of rotatable bonds is 3. The van der Waals surface area contributed by atoms with Gasteiger partial charge < -0.3 is 0 Å². The fourth-order valence-electron chi connectivity index (χ4n) is 1.89. The summed E-state index contributed by atoms with van der Waals surface area (Å²) in [6.45, 7) is 0. The Labute approximate surface area is 109 Å². The van der Waals surface area contributed by atoms with Crippen LogP contribution in [0.5, 0.6) is 0 Å². The van der Waals surface area contributed by atoms with Crippen LogP contribution in [0, 0.1) is 11.3 Å². The van der Waals surface area contributed by atoms with Crippen molar-refractivity contribution in [3.8, 4) is 17.2 Å². The minimum Gasteiger partial charge on any atom is -0.192 e. The van der Waals surface area contributed by atoms with Gasteiger partial charge in [-0.05, 0) is 41.6 Å². The molecule has 84 valence electrons. The second kappa shape index (κ2) is 5.77. The van der Waals surface area contributed by atoms with E-state index in [0.717, 1.165) is 5.56 Å². The molecule has 0 aliphatic heterocycles. The predicted molar refractivity (Wildman–Crippen MR) is 83.3 cm³/mol. The Bertz CT molecular complexity index is 526. The minimum absolute atomic E-state index is 0.151. The first-order valence-electron chi connectivity index (χ1n) is 5.93. The van der Waals surface area contributed by atoms with E-state index in [9.17, 15) is 0 Å². The molecule has 0 fully saturated rings. The molecule has 2 rings (SSSR count). The molecule has 0 bridgehead atoms. The second-order valence-electron chi connectivity index (χ2n) is 4.14. The van der Waals surface area contributed by atoms with Gasteiger partial charge in [-0.15, -0.1) is 0 Å². The summed E-state index contributed by atoms with van der Waals surface area (Å²) in [5.74, 6) is 0. The van der Waals surface area contributed by atoms with Crippen LogP contribution in [0.2, 0.25) is 0 Å². The first-order valence-corrected chi connectivity index (χ1v) is 16.3. The third-order valence-electron chi connectivity index (χ3n) is 2.84. The van der Waals surface area contributed by atoms with Gasteiger partial charge >= 0.3 is 0 Å². The molecular formula is C13H15NSi3. The Kier molecular flexibility index (Phi) is 4.09. The highest BCUT2D eigenvalue weighted by atomic mass is 29.5. The maximum absolute atomic E-state index is 8.76. The molecule has 0 N–H and O–H groups in total. The third kappa shape index (κ3) is 3.03. The summed E-state index contributed by atoms with van der Waals surface area (Å²) in [5, 5.41) is 10.4. The number of nitriles is 1. The average Bonchev–Trinajstić information content (AvgIpc) is 2.40. The van der Waals surface area contributed by atoms with E-state index in [2.05, 4.69) is 30.3 Å². The maximum atomic E-state index is 8.76. The standard InChI is InChI=1S/C13H15NSi3/c14-9-10-1-3-11(4-2-10)12-5-7-13(8-6-12)16-17-15/h1-8H,16-17H2,15H3. The summed E-state index contributed by atoms with van der Waals surface area (Å²) < 4.78 is 0. The van der Waals surface area contributed by atoms with Gasteiger partial charge in [0.25, 0.3) is 0 Å². The molecule has 4 heteroatoms. The van der Waals surface area contributed by atoms with E-state index in [1.165, 1.54) is 20.9 Å². The van der Waals surface area contributed by atoms with Gasteiger partial charge in [0, 0.05) is 9.04 Å². The molecule has 2 aromatic rings. The lowest BCUT2D eigenvalue weighted by atomic mass is 10.0. The molecule has 0 heterocycles. The average molecular weight is 270 g/mol.